The van der Waals surface area contributed by atoms with E-state index in [4.69, 9.17) is 33.7 Å². The number of ether oxygens (including phenoxy) is 1. The van der Waals surface area contributed by atoms with Crippen molar-refractivity contribution in [1.82, 2.24) is 0 Å². The second-order valence-electron chi connectivity index (χ2n) is 4.78. The highest BCUT2D eigenvalue weighted by Crippen LogP contribution is 2.27. The first-order valence-electron chi connectivity index (χ1n) is 6.35. The van der Waals surface area contributed by atoms with E-state index in [2.05, 4.69) is 0 Å². The summed E-state index contributed by atoms with van der Waals surface area (Å²) in [5.74, 6) is 0.843. The highest BCUT2D eigenvalue weighted by atomic mass is 35.5. The summed E-state index contributed by atoms with van der Waals surface area (Å²) in [6.07, 6.45) is 0.631. The highest BCUT2D eigenvalue weighted by Gasteiger charge is 2.12. The van der Waals surface area contributed by atoms with Gasteiger partial charge in [0.25, 0.3) is 0 Å². The van der Waals surface area contributed by atoms with Gasteiger partial charge in [-0.1, -0.05) is 35.3 Å². The Morgan fingerprint density at radius 2 is 1.90 bits per heavy atom. The average Bonchev–Trinajstić information content (AvgIpc) is 2.43. The molecule has 0 saturated carbocycles. The maximum atomic E-state index is 6.26. The van der Waals surface area contributed by atoms with Crippen LogP contribution in [0.2, 0.25) is 10.0 Å². The summed E-state index contributed by atoms with van der Waals surface area (Å²) >= 11 is 12.2. The molecule has 1 unspecified atom stereocenters. The molecule has 20 heavy (non-hydrogen) atoms. The third kappa shape index (κ3) is 3.45. The number of hydrogen-bond donors (Lipinski definition) is 1. The molecule has 2 aromatic carbocycles. The van der Waals surface area contributed by atoms with Crippen LogP contribution in [-0.4, -0.2) is 7.11 Å². The average molecular weight is 310 g/mol. The zero-order valence-electron chi connectivity index (χ0n) is 11.5. The minimum Gasteiger partial charge on any atom is -0.496 e. The second kappa shape index (κ2) is 6.49. The molecule has 0 aromatic heterocycles. The molecule has 2 rings (SSSR count). The van der Waals surface area contributed by atoms with Crippen LogP contribution in [0.3, 0.4) is 0 Å². The van der Waals surface area contributed by atoms with Gasteiger partial charge in [-0.3, -0.25) is 0 Å². The number of nitrogens with two attached hydrogens (primary N) is 1. The Morgan fingerprint density at radius 3 is 2.60 bits per heavy atom. The van der Waals surface area contributed by atoms with Crippen molar-refractivity contribution in [1.29, 1.82) is 0 Å². The van der Waals surface area contributed by atoms with Gasteiger partial charge in [0, 0.05) is 16.1 Å². The van der Waals surface area contributed by atoms with Gasteiger partial charge < -0.3 is 10.5 Å². The maximum absolute atomic E-state index is 6.26. The van der Waals surface area contributed by atoms with Crippen LogP contribution in [0, 0.1) is 6.92 Å². The van der Waals surface area contributed by atoms with Crippen LogP contribution in [0.25, 0.3) is 0 Å². The summed E-state index contributed by atoms with van der Waals surface area (Å²) in [6, 6.07) is 11.3. The SMILES string of the molecule is COc1cc(C(N)Cc2cc(Cl)ccc2Cl)ccc1C. The van der Waals surface area contributed by atoms with Gasteiger partial charge in [-0.05, 0) is 54.3 Å². The molecule has 0 saturated heterocycles. The quantitative estimate of drug-likeness (QED) is 0.899. The fraction of sp³-hybridized carbons (Fsp3) is 0.250. The standard InChI is InChI=1S/C16H17Cl2NO/c1-10-3-4-11(9-16(10)20-2)15(19)8-12-7-13(17)5-6-14(12)18/h3-7,9,15H,8,19H2,1-2H3. The van der Waals surface area contributed by atoms with Crippen LogP contribution in [0.15, 0.2) is 36.4 Å². The van der Waals surface area contributed by atoms with Crippen LogP contribution in [0.4, 0.5) is 0 Å². The van der Waals surface area contributed by atoms with Gasteiger partial charge in [-0.25, -0.2) is 0 Å². The summed E-state index contributed by atoms with van der Waals surface area (Å²) in [6.45, 7) is 2.00. The molecular formula is C16H17Cl2NO. The molecule has 0 aliphatic heterocycles. The Morgan fingerprint density at radius 1 is 1.15 bits per heavy atom. The van der Waals surface area contributed by atoms with Crippen molar-refractivity contribution >= 4 is 23.2 Å². The summed E-state index contributed by atoms with van der Waals surface area (Å²) < 4.78 is 5.33. The summed E-state index contributed by atoms with van der Waals surface area (Å²) in [7, 11) is 1.66. The normalized spacial score (nSPS) is 12.2. The van der Waals surface area contributed by atoms with Crippen LogP contribution in [-0.2, 0) is 6.42 Å². The van der Waals surface area contributed by atoms with E-state index in [0.717, 1.165) is 22.4 Å². The van der Waals surface area contributed by atoms with E-state index in [9.17, 15) is 0 Å². The molecule has 2 aromatic rings. The smallest absolute Gasteiger partial charge is 0.122 e. The fourth-order valence-electron chi connectivity index (χ4n) is 2.12. The van der Waals surface area contributed by atoms with E-state index in [1.54, 1.807) is 19.2 Å². The molecule has 0 fully saturated rings. The van der Waals surface area contributed by atoms with Gasteiger partial charge in [0.15, 0.2) is 0 Å². The van der Waals surface area contributed by atoms with E-state index in [1.165, 1.54) is 0 Å². The zero-order valence-corrected chi connectivity index (χ0v) is 13.0. The number of hydrogen-bond acceptors (Lipinski definition) is 2. The van der Waals surface area contributed by atoms with Crippen LogP contribution in [0.5, 0.6) is 5.75 Å². The lowest BCUT2D eigenvalue weighted by molar-refractivity contribution is 0.410. The topological polar surface area (TPSA) is 35.2 Å². The predicted octanol–water partition coefficient (Wildman–Crippen LogP) is 4.55. The van der Waals surface area contributed by atoms with Crippen molar-refractivity contribution in [3.05, 3.63) is 63.1 Å². The second-order valence-corrected chi connectivity index (χ2v) is 5.62. The molecule has 0 aliphatic rings. The van der Waals surface area contributed by atoms with Crippen LogP contribution < -0.4 is 10.5 Å². The van der Waals surface area contributed by atoms with Gasteiger partial charge >= 0.3 is 0 Å². The molecule has 0 amide bonds. The molecule has 0 bridgehead atoms. The Labute approximate surface area is 129 Å². The molecule has 4 heteroatoms. The van der Waals surface area contributed by atoms with Crippen molar-refractivity contribution in [2.75, 3.05) is 7.11 Å². The first-order chi connectivity index (χ1) is 9.51. The van der Waals surface area contributed by atoms with Gasteiger partial charge in [0.05, 0.1) is 7.11 Å². The summed E-state index contributed by atoms with van der Waals surface area (Å²) in [5.41, 5.74) is 9.32. The predicted molar refractivity (Wildman–Crippen MR) is 84.8 cm³/mol. The monoisotopic (exact) mass is 309 g/mol. The molecule has 0 radical (unpaired) electrons. The molecule has 1 atom stereocenters. The zero-order chi connectivity index (χ0) is 14.7. The van der Waals surface area contributed by atoms with E-state index in [0.29, 0.717) is 16.5 Å². The summed E-state index contributed by atoms with van der Waals surface area (Å²) in [5, 5.41) is 1.35. The molecule has 2 N–H and O–H groups in total. The minimum absolute atomic E-state index is 0.152. The van der Waals surface area contributed by atoms with Gasteiger partial charge in [0.1, 0.15) is 5.75 Å². The molecular weight excluding hydrogens is 293 g/mol. The van der Waals surface area contributed by atoms with Gasteiger partial charge in [0.2, 0.25) is 0 Å². The Bertz CT molecular complexity index is 613. The van der Waals surface area contributed by atoms with E-state index >= 15 is 0 Å². The largest absolute Gasteiger partial charge is 0.496 e. The molecule has 106 valence electrons. The van der Waals surface area contributed by atoms with Gasteiger partial charge in [-0.15, -0.1) is 0 Å². The first kappa shape index (κ1) is 15.2. The highest BCUT2D eigenvalue weighted by molar-refractivity contribution is 6.33. The van der Waals surface area contributed by atoms with Crippen molar-refractivity contribution in [3.8, 4) is 5.75 Å². The van der Waals surface area contributed by atoms with Crippen LogP contribution >= 0.6 is 23.2 Å². The first-order valence-corrected chi connectivity index (χ1v) is 7.11. The number of aryl methyl sites for hydroxylation is 1. The van der Waals surface area contributed by atoms with E-state index in [1.807, 2.05) is 31.2 Å². The lowest BCUT2D eigenvalue weighted by Gasteiger charge is -2.15. The lowest BCUT2D eigenvalue weighted by Crippen LogP contribution is -2.14. The number of benzene rings is 2. The lowest BCUT2D eigenvalue weighted by atomic mass is 9.98. The third-order valence-corrected chi connectivity index (χ3v) is 3.91. The molecule has 0 aliphatic carbocycles. The summed E-state index contributed by atoms with van der Waals surface area (Å²) in [4.78, 5) is 0. The number of rotatable bonds is 4. The van der Waals surface area contributed by atoms with E-state index in [-0.39, 0.29) is 6.04 Å². The van der Waals surface area contributed by atoms with E-state index < -0.39 is 0 Å². The number of methoxy groups -OCH3 is 1. The Hall–Kier alpha value is -1.22. The molecule has 2 nitrogen and oxygen atoms in total. The van der Waals surface area contributed by atoms with Crippen LogP contribution in [0.1, 0.15) is 22.7 Å². The molecule has 0 spiro atoms. The Kier molecular flexibility index (Phi) is 4.92. The minimum atomic E-state index is -0.152. The number of halogens is 2. The third-order valence-electron chi connectivity index (χ3n) is 3.31. The van der Waals surface area contributed by atoms with Gasteiger partial charge in [-0.2, -0.15) is 0 Å². The maximum Gasteiger partial charge on any atom is 0.122 e. The fourth-order valence-corrected chi connectivity index (χ4v) is 2.51. The van der Waals surface area contributed by atoms with Crippen molar-refractivity contribution in [3.63, 3.8) is 0 Å². The van der Waals surface area contributed by atoms with Crippen molar-refractivity contribution in [2.45, 2.75) is 19.4 Å². The van der Waals surface area contributed by atoms with Crippen molar-refractivity contribution in [2.24, 2.45) is 5.73 Å². The molecule has 0 heterocycles. The van der Waals surface area contributed by atoms with Crippen molar-refractivity contribution < 1.29 is 4.74 Å². The Balaban J connectivity index is 2.23.